The van der Waals surface area contributed by atoms with E-state index in [0.29, 0.717) is 5.56 Å². The molecule has 4 rings (SSSR count). The van der Waals surface area contributed by atoms with Gasteiger partial charge in [-0.05, 0) is 61.5 Å². The molecule has 0 bridgehead atoms. The average molecular weight is 394 g/mol. The number of aromatic nitrogens is 2. The highest BCUT2D eigenvalue weighted by atomic mass is 16.5. The third-order valence-corrected chi connectivity index (χ3v) is 4.86. The highest BCUT2D eigenvalue weighted by molar-refractivity contribution is 6.06. The van der Waals surface area contributed by atoms with E-state index in [1.807, 2.05) is 41.1 Å². The van der Waals surface area contributed by atoms with Crippen molar-refractivity contribution in [2.75, 3.05) is 7.11 Å². The van der Waals surface area contributed by atoms with E-state index in [1.54, 1.807) is 43.5 Å². The van der Waals surface area contributed by atoms with Crippen molar-refractivity contribution < 1.29 is 9.53 Å². The second kappa shape index (κ2) is 8.62. The Morgan fingerprint density at radius 2 is 1.63 bits per heavy atom. The molecule has 30 heavy (non-hydrogen) atoms. The number of allylic oxidation sites excluding steroid dienone is 1. The van der Waals surface area contributed by atoms with E-state index in [0.717, 1.165) is 28.4 Å². The Balaban J connectivity index is 1.67. The van der Waals surface area contributed by atoms with E-state index >= 15 is 0 Å². The van der Waals surface area contributed by atoms with Crippen LogP contribution < -0.4 is 4.74 Å². The first-order valence-electron chi connectivity index (χ1n) is 9.73. The van der Waals surface area contributed by atoms with E-state index in [-0.39, 0.29) is 5.78 Å². The van der Waals surface area contributed by atoms with Gasteiger partial charge in [-0.15, -0.1) is 0 Å². The van der Waals surface area contributed by atoms with Crippen LogP contribution in [0.3, 0.4) is 0 Å². The van der Waals surface area contributed by atoms with Crippen LogP contribution in [0.2, 0.25) is 0 Å². The van der Waals surface area contributed by atoms with Gasteiger partial charge in [0.15, 0.2) is 5.78 Å². The van der Waals surface area contributed by atoms with E-state index in [2.05, 4.69) is 31.2 Å². The van der Waals surface area contributed by atoms with Crippen LogP contribution >= 0.6 is 0 Å². The van der Waals surface area contributed by atoms with Crippen LogP contribution in [0.1, 0.15) is 21.6 Å². The predicted octanol–water partition coefficient (Wildman–Crippen LogP) is 5.75. The molecule has 1 heterocycles. The van der Waals surface area contributed by atoms with Gasteiger partial charge < -0.3 is 4.74 Å². The summed E-state index contributed by atoms with van der Waals surface area (Å²) < 4.78 is 7.05. The van der Waals surface area contributed by atoms with Gasteiger partial charge in [0.25, 0.3) is 0 Å². The second-order valence-electron chi connectivity index (χ2n) is 6.99. The molecular weight excluding hydrogens is 372 g/mol. The summed E-state index contributed by atoms with van der Waals surface area (Å²) in [6.45, 7) is 2.07. The van der Waals surface area contributed by atoms with Crippen LogP contribution in [0.25, 0.3) is 23.0 Å². The fourth-order valence-electron chi connectivity index (χ4n) is 3.19. The number of rotatable bonds is 6. The first kappa shape index (κ1) is 19.4. The van der Waals surface area contributed by atoms with Crippen molar-refractivity contribution in [3.05, 3.63) is 108 Å². The van der Waals surface area contributed by atoms with Crippen molar-refractivity contribution in [3.8, 4) is 22.7 Å². The lowest BCUT2D eigenvalue weighted by molar-refractivity contribution is 0.104. The minimum absolute atomic E-state index is 0.0798. The highest BCUT2D eigenvalue weighted by Crippen LogP contribution is 2.25. The third kappa shape index (κ3) is 4.23. The molecule has 0 aliphatic heterocycles. The van der Waals surface area contributed by atoms with Crippen molar-refractivity contribution in [2.45, 2.75) is 6.92 Å². The molecule has 0 fully saturated rings. The zero-order chi connectivity index (χ0) is 20.9. The van der Waals surface area contributed by atoms with Crippen molar-refractivity contribution in [3.63, 3.8) is 0 Å². The Morgan fingerprint density at radius 3 is 2.30 bits per heavy atom. The number of hydrogen-bond donors (Lipinski definition) is 0. The number of carbonyl (C=O) groups excluding carboxylic acids is 1. The fourth-order valence-corrected chi connectivity index (χ4v) is 3.19. The van der Waals surface area contributed by atoms with Gasteiger partial charge >= 0.3 is 0 Å². The third-order valence-electron chi connectivity index (χ3n) is 4.86. The van der Waals surface area contributed by atoms with E-state index in [4.69, 9.17) is 9.84 Å². The smallest absolute Gasteiger partial charge is 0.185 e. The van der Waals surface area contributed by atoms with Crippen LogP contribution in [-0.4, -0.2) is 22.7 Å². The Bertz CT molecular complexity index is 1170. The largest absolute Gasteiger partial charge is 0.497 e. The number of nitrogens with zero attached hydrogens (tertiary/aromatic N) is 2. The van der Waals surface area contributed by atoms with Crippen molar-refractivity contribution >= 4 is 11.9 Å². The van der Waals surface area contributed by atoms with Crippen molar-refractivity contribution in [2.24, 2.45) is 0 Å². The molecule has 0 spiro atoms. The maximum Gasteiger partial charge on any atom is 0.185 e. The molecule has 0 N–H and O–H groups in total. The number of aryl methyl sites for hydroxylation is 1. The summed E-state index contributed by atoms with van der Waals surface area (Å²) in [6, 6.07) is 27.4. The van der Waals surface area contributed by atoms with Gasteiger partial charge in [0.05, 0.1) is 24.2 Å². The maximum absolute atomic E-state index is 12.5. The van der Waals surface area contributed by atoms with E-state index in [9.17, 15) is 4.79 Å². The van der Waals surface area contributed by atoms with Gasteiger partial charge in [-0.25, -0.2) is 4.68 Å². The lowest BCUT2D eigenvalue weighted by atomic mass is 10.1. The Hall–Kier alpha value is -3.92. The SMILES string of the molecule is COc1ccc(C(=O)C=Cc2cc(-c3ccc(C)cc3)n(-c3ccccc3)n2)cc1. The Kier molecular flexibility index (Phi) is 5.57. The molecule has 0 atom stereocenters. The molecule has 4 heteroatoms. The predicted molar refractivity (Wildman–Crippen MR) is 120 cm³/mol. The summed E-state index contributed by atoms with van der Waals surface area (Å²) in [5, 5.41) is 4.73. The number of benzene rings is 3. The van der Waals surface area contributed by atoms with Crippen LogP contribution in [0.4, 0.5) is 0 Å². The number of ketones is 1. The van der Waals surface area contributed by atoms with Crippen molar-refractivity contribution in [1.82, 2.24) is 9.78 Å². The zero-order valence-corrected chi connectivity index (χ0v) is 16.9. The van der Waals surface area contributed by atoms with Gasteiger partial charge in [-0.2, -0.15) is 5.10 Å². The van der Waals surface area contributed by atoms with Crippen molar-refractivity contribution in [1.29, 1.82) is 0 Å². The fraction of sp³-hybridized carbons (Fsp3) is 0.0769. The Labute approximate surface area is 176 Å². The summed E-state index contributed by atoms with van der Waals surface area (Å²) >= 11 is 0. The molecule has 0 saturated carbocycles. The second-order valence-corrected chi connectivity index (χ2v) is 6.99. The van der Waals surface area contributed by atoms with Gasteiger partial charge in [-0.3, -0.25) is 4.79 Å². The molecule has 148 valence electrons. The number of methoxy groups -OCH3 is 1. The van der Waals surface area contributed by atoms with Gasteiger partial charge in [-0.1, -0.05) is 48.0 Å². The number of hydrogen-bond acceptors (Lipinski definition) is 3. The molecule has 3 aromatic carbocycles. The molecular formula is C26H22N2O2. The van der Waals surface area contributed by atoms with Crippen LogP contribution in [-0.2, 0) is 0 Å². The van der Waals surface area contributed by atoms with E-state index in [1.165, 1.54) is 5.56 Å². The lowest BCUT2D eigenvalue weighted by Gasteiger charge is -2.07. The monoisotopic (exact) mass is 394 g/mol. The summed E-state index contributed by atoms with van der Waals surface area (Å²) in [5.41, 5.74) is 5.53. The molecule has 0 amide bonds. The first-order valence-corrected chi connectivity index (χ1v) is 9.73. The van der Waals surface area contributed by atoms with E-state index < -0.39 is 0 Å². The van der Waals surface area contributed by atoms with Gasteiger partial charge in [0, 0.05) is 11.1 Å². The standard InChI is InChI=1S/C26H22N2O2/c1-19-8-10-20(11-9-19)25-18-22(27-28(25)23-6-4-3-5-7-23)14-17-26(29)21-12-15-24(30-2)16-13-21/h3-18H,1-2H3. The van der Waals surface area contributed by atoms with Crippen LogP contribution in [0, 0.1) is 6.92 Å². The van der Waals surface area contributed by atoms with Crippen LogP contribution in [0.5, 0.6) is 5.75 Å². The zero-order valence-electron chi connectivity index (χ0n) is 16.9. The molecule has 4 nitrogen and oxygen atoms in total. The molecule has 4 aromatic rings. The molecule has 0 radical (unpaired) electrons. The molecule has 0 aliphatic carbocycles. The summed E-state index contributed by atoms with van der Waals surface area (Å²) in [5.74, 6) is 0.642. The minimum atomic E-state index is -0.0798. The normalized spacial score (nSPS) is 11.0. The molecule has 0 saturated heterocycles. The minimum Gasteiger partial charge on any atom is -0.497 e. The van der Waals surface area contributed by atoms with Gasteiger partial charge in [0.1, 0.15) is 5.75 Å². The molecule has 0 aliphatic rings. The average Bonchev–Trinajstić information content (AvgIpc) is 3.23. The lowest BCUT2D eigenvalue weighted by Crippen LogP contribution is -1.99. The molecule has 1 aromatic heterocycles. The highest BCUT2D eigenvalue weighted by Gasteiger charge is 2.11. The summed E-state index contributed by atoms with van der Waals surface area (Å²) in [6.07, 6.45) is 3.31. The van der Waals surface area contributed by atoms with Crippen LogP contribution in [0.15, 0.2) is 91.0 Å². The topological polar surface area (TPSA) is 44.1 Å². The van der Waals surface area contributed by atoms with Gasteiger partial charge in [0.2, 0.25) is 0 Å². The molecule has 0 unspecified atom stereocenters. The summed E-state index contributed by atoms with van der Waals surface area (Å²) in [7, 11) is 1.60. The Morgan fingerprint density at radius 1 is 0.933 bits per heavy atom. The number of carbonyl (C=O) groups is 1. The first-order chi connectivity index (χ1) is 14.6. The summed E-state index contributed by atoms with van der Waals surface area (Å²) in [4.78, 5) is 12.5. The quantitative estimate of drug-likeness (QED) is 0.309. The maximum atomic E-state index is 12.5. The number of ether oxygens (including phenoxy) is 1. The number of para-hydroxylation sites is 1.